The molecule has 0 radical (unpaired) electrons. The maximum atomic E-state index is 10.3. The molecule has 100 valence electrons. The number of fused-ring (bicyclic) bond motifs is 1. The fourth-order valence-corrected chi connectivity index (χ4v) is 3.09. The van der Waals surface area contributed by atoms with E-state index in [4.69, 9.17) is 0 Å². The van der Waals surface area contributed by atoms with E-state index in [2.05, 4.69) is 46.8 Å². The van der Waals surface area contributed by atoms with Gasteiger partial charge in [-0.3, -0.25) is 0 Å². The Morgan fingerprint density at radius 3 is 2.28 bits per heavy atom. The average molecular weight is 246 g/mol. The maximum absolute atomic E-state index is 10.3. The lowest BCUT2D eigenvalue weighted by Crippen LogP contribution is -2.16. The lowest BCUT2D eigenvalue weighted by atomic mass is 9.75. The van der Waals surface area contributed by atoms with Gasteiger partial charge in [-0.2, -0.15) is 0 Å². The highest BCUT2D eigenvalue weighted by Crippen LogP contribution is 2.42. The summed E-state index contributed by atoms with van der Waals surface area (Å²) in [6.45, 7) is 11.3. The SMILES string of the molecule is CC(C)c1cc(C(C)C)c2c(c1)C(O)CCC2C. The van der Waals surface area contributed by atoms with E-state index in [-0.39, 0.29) is 6.10 Å². The van der Waals surface area contributed by atoms with Crippen LogP contribution in [0.15, 0.2) is 12.1 Å². The maximum Gasteiger partial charge on any atom is 0.0793 e. The molecular weight excluding hydrogens is 220 g/mol. The third kappa shape index (κ3) is 2.33. The van der Waals surface area contributed by atoms with Crippen molar-refractivity contribution in [2.75, 3.05) is 0 Å². The highest BCUT2D eigenvalue weighted by atomic mass is 16.3. The van der Waals surface area contributed by atoms with Gasteiger partial charge in [0, 0.05) is 0 Å². The molecule has 0 aliphatic heterocycles. The largest absolute Gasteiger partial charge is 0.388 e. The van der Waals surface area contributed by atoms with Gasteiger partial charge < -0.3 is 5.11 Å². The zero-order valence-corrected chi connectivity index (χ0v) is 12.3. The van der Waals surface area contributed by atoms with Crippen molar-refractivity contribution in [1.82, 2.24) is 0 Å². The zero-order valence-electron chi connectivity index (χ0n) is 12.3. The van der Waals surface area contributed by atoms with Crippen LogP contribution in [-0.4, -0.2) is 5.11 Å². The van der Waals surface area contributed by atoms with Gasteiger partial charge in [0.1, 0.15) is 0 Å². The summed E-state index contributed by atoms with van der Waals surface area (Å²) in [7, 11) is 0. The molecule has 1 N–H and O–H groups in total. The van der Waals surface area contributed by atoms with Crippen molar-refractivity contribution >= 4 is 0 Å². The Balaban J connectivity index is 2.64. The van der Waals surface area contributed by atoms with Crippen LogP contribution >= 0.6 is 0 Å². The number of hydrogen-bond donors (Lipinski definition) is 1. The van der Waals surface area contributed by atoms with E-state index in [1.807, 2.05) is 0 Å². The molecule has 0 aromatic heterocycles. The van der Waals surface area contributed by atoms with Gasteiger partial charge in [0.05, 0.1) is 6.10 Å². The minimum atomic E-state index is -0.257. The van der Waals surface area contributed by atoms with E-state index in [0.29, 0.717) is 17.8 Å². The molecule has 2 atom stereocenters. The standard InChI is InChI=1S/C17H26O/c1-10(2)13-8-14(11(3)4)17-12(5)6-7-16(18)15(17)9-13/h8-12,16,18H,6-7H2,1-5H3. The van der Waals surface area contributed by atoms with E-state index in [0.717, 1.165) is 12.8 Å². The Kier molecular flexibility index (Phi) is 3.82. The number of benzene rings is 1. The molecule has 1 heteroatoms. The van der Waals surface area contributed by atoms with Crippen molar-refractivity contribution in [3.63, 3.8) is 0 Å². The summed E-state index contributed by atoms with van der Waals surface area (Å²) < 4.78 is 0. The van der Waals surface area contributed by atoms with Gasteiger partial charge in [-0.25, -0.2) is 0 Å². The summed E-state index contributed by atoms with van der Waals surface area (Å²) >= 11 is 0. The number of aliphatic hydroxyl groups is 1. The molecule has 2 unspecified atom stereocenters. The molecule has 0 bridgehead atoms. The Labute approximate surface area is 111 Å². The number of hydrogen-bond acceptors (Lipinski definition) is 1. The Hall–Kier alpha value is -0.820. The van der Waals surface area contributed by atoms with Gasteiger partial charge in [0.25, 0.3) is 0 Å². The first-order chi connectivity index (χ1) is 8.41. The fraction of sp³-hybridized carbons (Fsp3) is 0.647. The normalized spacial score (nSPS) is 23.6. The Bertz CT molecular complexity index is 414. The molecule has 0 spiro atoms. The highest BCUT2D eigenvalue weighted by molar-refractivity contribution is 5.46. The van der Waals surface area contributed by atoms with Crippen LogP contribution in [0.5, 0.6) is 0 Å². The Morgan fingerprint density at radius 1 is 1.06 bits per heavy atom. The summed E-state index contributed by atoms with van der Waals surface area (Å²) in [6, 6.07) is 4.61. The monoisotopic (exact) mass is 246 g/mol. The third-order valence-electron chi connectivity index (χ3n) is 4.28. The summed E-state index contributed by atoms with van der Waals surface area (Å²) in [4.78, 5) is 0. The van der Waals surface area contributed by atoms with Crippen molar-refractivity contribution in [2.24, 2.45) is 0 Å². The molecule has 0 heterocycles. The third-order valence-corrected chi connectivity index (χ3v) is 4.28. The molecule has 0 fully saturated rings. The van der Waals surface area contributed by atoms with E-state index in [1.54, 1.807) is 0 Å². The van der Waals surface area contributed by atoms with Crippen LogP contribution < -0.4 is 0 Å². The molecule has 2 rings (SSSR count). The van der Waals surface area contributed by atoms with Crippen LogP contribution in [0.1, 0.15) is 93.6 Å². The second kappa shape index (κ2) is 5.05. The van der Waals surface area contributed by atoms with E-state index in [9.17, 15) is 5.11 Å². The summed E-state index contributed by atoms with van der Waals surface area (Å²) in [5.41, 5.74) is 5.44. The summed E-state index contributed by atoms with van der Waals surface area (Å²) in [6.07, 6.45) is 1.76. The van der Waals surface area contributed by atoms with Crippen LogP contribution in [0.25, 0.3) is 0 Å². The molecule has 18 heavy (non-hydrogen) atoms. The predicted molar refractivity (Wildman–Crippen MR) is 77.2 cm³/mol. The lowest BCUT2D eigenvalue weighted by Gasteiger charge is -2.31. The van der Waals surface area contributed by atoms with Crippen LogP contribution in [0.4, 0.5) is 0 Å². The predicted octanol–water partition coefficient (Wildman–Crippen LogP) is 4.86. The average Bonchev–Trinajstić information content (AvgIpc) is 2.32. The van der Waals surface area contributed by atoms with Gasteiger partial charge in [-0.15, -0.1) is 0 Å². The second-order valence-electron chi connectivity index (χ2n) is 6.42. The topological polar surface area (TPSA) is 20.2 Å². The molecule has 1 nitrogen and oxygen atoms in total. The van der Waals surface area contributed by atoms with Gasteiger partial charge in [0.15, 0.2) is 0 Å². The molecule has 1 aliphatic carbocycles. The van der Waals surface area contributed by atoms with Crippen molar-refractivity contribution in [2.45, 2.75) is 71.3 Å². The first-order valence-corrected chi connectivity index (χ1v) is 7.27. The van der Waals surface area contributed by atoms with Crippen LogP contribution in [-0.2, 0) is 0 Å². The van der Waals surface area contributed by atoms with E-state index in [1.165, 1.54) is 22.3 Å². The van der Waals surface area contributed by atoms with Gasteiger partial charge >= 0.3 is 0 Å². The fourth-order valence-electron chi connectivity index (χ4n) is 3.09. The molecule has 1 aromatic carbocycles. The molecular formula is C17H26O. The smallest absolute Gasteiger partial charge is 0.0793 e. The lowest BCUT2D eigenvalue weighted by molar-refractivity contribution is 0.151. The summed E-state index contributed by atoms with van der Waals surface area (Å²) in [5.74, 6) is 1.64. The molecule has 1 aliphatic rings. The van der Waals surface area contributed by atoms with E-state index < -0.39 is 0 Å². The summed E-state index contributed by atoms with van der Waals surface area (Å²) in [5, 5.41) is 10.3. The number of aliphatic hydroxyl groups excluding tert-OH is 1. The van der Waals surface area contributed by atoms with Crippen molar-refractivity contribution < 1.29 is 5.11 Å². The van der Waals surface area contributed by atoms with Gasteiger partial charge in [-0.05, 0) is 52.8 Å². The zero-order chi connectivity index (χ0) is 13.4. The molecule has 0 saturated carbocycles. The minimum absolute atomic E-state index is 0.257. The van der Waals surface area contributed by atoms with Crippen LogP contribution in [0.3, 0.4) is 0 Å². The first kappa shape index (κ1) is 13.6. The van der Waals surface area contributed by atoms with Crippen molar-refractivity contribution in [3.05, 3.63) is 34.4 Å². The molecule has 1 aromatic rings. The van der Waals surface area contributed by atoms with Crippen molar-refractivity contribution in [3.8, 4) is 0 Å². The van der Waals surface area contributed by atoms with Gasteiger partial charge in [-0.1, -0.05) is 46.8 Å². The highest BCUT2D eigenvalue weighted by Gasteiger charge is 2.27. The van der Waals surface area contributed by atoms with Gasteiger partial charge in [0.2, 0.25) is 0 Å². The first-order valence-electron chi connectivity index (χ1n) is 7.27. The quantitative estimate of drug-likeness (QED) is 0.789. The second-order valence-corrected chi connectivity index (χ2v) is 6.42. The minimum Gasteiger partial charge on any atom is -0.388 e. The van der Waals surface area contributed by atoms with Crippen molar-refractivity contribution in [1.29, 1.82) is 0 Å². The van der Waals surface area contributed by atoms with Crippen LogP contribution in [0, 0.1) is 0 Å². The molecule has 0 saturated heterocycles. The van der Waals surface area contributed by atoms with Crippen LogP contribution in [0.2, 0.25) is 0 Å². The molecule has 0 amide bonds. The Morgan fingerprint density at radius 2 is 1.72 bits per heavy atom. The van der Waals surface area contributed by atoms with E-state index >= 15 is 0 Å². The number of rotatable bonds is 2.